The van der Waals surface area contributed by atoms with Crippen LogP contribution in [0.4, 0.5) is 0 Å². The van der Waals surface area contributed by atoms with Crippen LogP contribution in [0.15, 0.2) is 45.9 Å². The Labute approximate surface area is 116 Å². The fourth-order valence-electron chi connectivity index (χ4n) is 1.60. The van der Waals surface area contributed by atoms with E-state index in [0.717, 1.165) is 0 Å². The van der Waals surface area contributed by atoms with Crippen LogP contribution < -0.4 is 9.46 Å². The minimum Gasteiger partial charge on any atom is -0.495 e. The summed E-state index contributed by atoms with van der Waals surface area (Å²) in [5, 5.41) is 8.96. The van der Waals surface area contributed by atoms with E-state index in [9.17, 15) is 8.42 Å². The molecule has 0 aliphatic carbocycles. The zero-order chi connectivity index (χ0) is 14.6. The van der Waals surface area contributed by atoms with Gasteiger partial charge >= 0.3 is 0 Å². The van der Waals surface area contributed by atoms with Gasteiger partial charge in [0.15, 0.2) is 0 Å². The summed E-state index contributed by atoms with van der Waals surface area (Å²) in [6.45, 7) is 0.0449. The highest BCUT2D eigenvalue weighted by Gasteiger charge is 2.16. The van der Waals surface area contributed by atoms with E-state index in [1.54, 1.807) is 12.1 Å². The zero-order valence-corrected chi connectivity index (χ0v) is 11.5. The molecule has 1 N–H and O–H groups in total. The second kappa shape index (κ2) is 5.77. The highest BCUT2D eigenvalue weighted by molar-refractivity contribution is 7.89. The van der Waals surface area contributed by atoms with Gasteiger partial charge in [-0.2, -0.15) is 5.26 Å². The van der Waals surface area contributed by atoms with Crippen LogP contribution in [0.5, 0.6) is 5.75 Å². The summed E-state index contributed by atoms with van der Waals surface area (Å²) in [4.78, 5) is 0.00130. The molecule has 0 saturated carbocycles. The molecule has 0 aliphatic heterocycles. The first-order valence-electron chi connectivity index (χ1n) is 5.67. The van der Waals surface area contributed by atoms with Gasteiger partial charge in [-0.25, -0.2) is 13.1 Å². The number of nitriles is 1. The molecule has 104 valence electrons. The lowest BCUT2D eigenvalue weighted by Crippen LogP contribution is -2.23. The number of nitrogens with zero attached hydrogens (tertiary/aromatic N) is 1. The summed E-state index contributed by atoms with van der Waals surface area (Å²) >= 11 is 0. The number of hydrogen-bond donors (Lipinski definition) is 1. The van der Waals surface area contributed by atoms with Gasteiger partial charge in [-0.05, 0) is 30.3 Å². The van der Waals surface area contributed by atoms with E-state index in [1.165, 1.54) is 31.6 Å². The smallest absolute Gasteiger partial charge is 0.241 e. The molecule has 0 atom stereocenters. The molecule has 0 bridgehead atoms. The summed E-state index contributed by atoms with van der Waals surface area (Å²) in [6, 6.07) is 9.32. The highest BCUT2D eigenvalue weighted by atomic mass is 32.2. The summed E-state index contributed by atoms with van der Waals surface area (Å²) in [5.41, 5.74) is 0.161. The van der Waals surface area contributed by atoms with Crippen LogP contribution in [0.25, 0.3) is 0 Å². The standard InChI is InChI=1S/C13H12N2O4S/c1-18-13-5-4-12(7-10(13)8-14)20(16,17)15-9-11-3-2-6-19-11/h2-7,15H,9H2,1H3. The van der Waals surface area contributed by atoms with Gasteiger partial charge in [-0.15, -0.1) is 0 Å². The molecule has 0 aliphatic rings. The van der Waals surface area contributed by atoms with Gasteiger partial charge in [0.2, 0.25) is 10.0 Å². The van der Waals surface area contributed by atoms with Crippen LogP contribution in [0.1, 0.15) is 11.3 Å². The molecule has 2 rings (SSSR count). The van der Waals surface area contributed by atoms with Crippen molar-refractivity contribution in [1.29, 1.82) is 5.26 Å². The van der Waals surface area contributed by atoms with Gasteiger partial charge < -0.3 is 9.15 Å². The number of rotatable bonds is 5. The second-order valence-corrected chi connectivity index (χ2v) is 5.64. The molecule has 1 heterocycles. The van der Waals surface area contributed by atoms with Gasteiger partial charge in [0.05, 0.1) is 30.4 Å². The zero-order valence-electron chi connectivity index (χ0n) is 10.7. The minimum absolute atomic E-state index is 0.00130. The topological polar surface area (TPSA) is 92.3 Å². The van der Waals surface area contributed by atoms with Crippen molar-refractivity contribution in [1.82, 2.24) is 4.72 Å². The van der Waals surface area contributed by atoms with Crippen molar-refractivity contribution in [3.63, 3.8) is 0 Å². The lowest BCUT2D eigenvalue weighted by atomic mass is 10.2. The number of furan rings is 1. The molecule has 0 spiro atoms. The van der Waals surface area contributed by atoms with E-state index in [4.69, 9.17) is 14.4 Å². The van der Waals surface area contributed by atoms with Crippen LogP contribution in [-0.2, 0) is 16.6 Å². The molecule has 0 amide bonds. The van der Waals surface area contributed by atoms with Crippen LogP contribution in [0.2, 0.25) is 0 Å². The first-order chi connectivity index (χ1) is 9.56. The molecule has 0 radical (unpaired) electrons. The van der Waals surface area contributed by atoms with Gasteiger partial charge in [-0.1, -0.05) is 0 Å². The fourth-order valence-corrected chi connectivity index (χ4v) is 2.62. The van der Waals surface area contributed by atoms with Crippen LogP contribution >= 0.6 is 0 Å². The fraction of sp³-hybridized carbons (Fsp3) is 0.154. The summed E-state index contributed by atoms with van der Waals surface area (Å²) in [7, 11) is -2.29. The molecule has 0 fully saturated rings. The molecule has 1 aromatic carbocycles. The molecule has 0 saturated heterocycles. The molecule has 1 aromatic heterocycles. The predicted molar refractivity (Wildman–Crippen MR) is 70.4 cm³/mol. The van der Waals surface area contributed by atoms with E-state index in [0.29, 0.717) is 11.5 Å². The lowest BCUT2D eigenvalue weighted by Gasteiger charge is -2.07. The number of hydrogen-bond acceptors (Lipinski definition) is 5. The quantitative estimate of drug-likeness (QED) is 0.904. The average molecular weight is 292 g/mol. The van der Waals surface area contributed by atoms with Crippen molar-refractivity contribution in [3.8, 4) is 11.8 Å². The highest BCUT2D eigenvalue weighted by Crippen LogP contribution is 2.21. The van der Waals surface area contributed by atoms with Gasteiger partial charge in [0.25, 0.3) is 0 Å². The SMILES string of the molecule is COc1ccc(S(=O)(=O)NCc2ccco2)cc1C#N. The maximum atomic E-state index is 12.1. The number of benzene rings is 1. The maximum Gasteiger partial charge on any atom is 0.241 e. The number of nitrogens with one attached hydrogen (secondary N) is 1. The van der Waals surface area contributed by atoms with E-state index >= 15 is 0 Å². The molecule has 20 heavy (non-hydrogen) atoms. The Morgan fingerprint density at radius 3 is 2.80 bits per heavy atom. The maximum absolute atomic E-state index is 12.1. The monoisotopic (exact) mass is 292 g/mol. The first-order valence-corrected chi connectivity index (χ1v) is 7.15. The summed E-state index contributed by atoms with van der Waals surface area (Å²) in [6.07, 6.45) is 1.46. The number of ether oxygens (including phenoxy) is 1. The lowest BCUT2D eigenvalue weighted by molar-refractivity contribution is 0.413. The second-order valence-electron chi connectivity index (χ2n) is 3.88. The molecule has 7 heteroatoms. The molecule has 0 unspecified atom stereocenters. The van der Waals surface area contributed by atoms with Crippen LogP contribution in [-0.4, -0.2) is 15.5 Å². The normalized spacial score (nSPS) is 11.0. The van der Waals surface area contributed by atoms with Crippen molar-refractivity contribution >= 4 is 10.0 Å². The Morgan fingerprint density at radius 1 is 1.40 bits per heavy atom. The average Bonchev–Trinajstić information content (AvgIpc) is 2.97. The third-order valence-electron chi connectivity index (χ3n) is 2.62. The van der Waals surface area contributed by atoms with Crippen molar-refractivity contribution in [2.45, 2.75) is 11.4 Å². The molecule has 2 aromatic rings. The molecular weight excluding hydrogens is 280 g/mol. The summed E-state index contributed by atoms with van der Waals surface area (Å²) in [5.74, 6) is 0.833. The van der Waals surface area contributed by atoms with E-state index in [1.807, 2.05) is 6.07 Å². The van der Waals surface area contributed by atoms with Crippen molar-refractivity contribution in [2.75, 3.05) is 7.11 Å². The Kier molecular flexibility index (Phi) is 4.08. The predicted octanol–water partition coefficient (Wildman–Crippen LogP) is 1.64. The van der Waals surface area contributed by atoms with Crippen molar-refractivity contribution < 1.29 is 17.6 Å². The molecular formula is C13H12N2O4S. The first kappa shape index (κ1) is 14.1. The summed E-state index contributed by atoms with van der Waals surface area (Å²) < 4.78 is 36.6. The Balaban J connectivity index is 2.23. The molecule has 6 nitrogen and oxygen atoms in total. The Bertz CT molecular complexity index is 730. The van der Waals surface area contributed by atoms with Crippen molar-refractivity contribution in [2.24, 2.45) is 0 Å². The third-order valence-corrected chi connectivity index (χ3v) is 4.02. The van der Waals surface area contributed by atoms with E-state index < -0.39 is 10.0 Å². The number of sulfonamides is 1. The minimum atomic E-state index is -3.71. The van der Waals surface area contributed by atoms with Gasteiger partial charge in [0.1, 0.15) is 17.6 Å². The van der Waals surface area contributed by atoms with E-state index in [-0.39, 0.29) is 17.0 Å². The Morgan fingerprint density at radius 2 is 2.20 bits per heavy atom. The van der Waals surface area contributed by atoms with Crippen molar-refractivity contribution in [3.05, 3.63) is 47.9 Å². The van der Waals surface area contributed by atoms with Gasteiger partial charge in [0, 0.05) is 0 Å². The largest absolute Gasteiger partial charge is 0.495 e. The van der Waals surface area contributed by atoms with E-state index in [2.05, 4.69) is 4.72 Å². The number of methoxy groups -OCH3 is 1. The third kappa shape index (κ3) is 2.99. The van der Waals surface area contributed by atoms with Gasteiger partial charge in [-0.3, -0.25) is 0 Å². The van der Waals surface area contributed by atoms with Crippen LogP contribution in [0.3, 0.4) is 0 Å². The Hall–Kier alpha value is -2.30. The van der Waals surface area contributed by atoms with Crippen LogP contribution in [0, 0.1) is 11.3 Å².